The number of nitrogens with one attached hydrogen (secondary N) is 1. The maximum absolute atomic E-state index is 12.2. The Labute approximate surface area is 184 Å². The lowest BCUT2D eigenvalue weighted by molar-refractivity contribution is 0.0957. The second-order valence-electron chi connectivity index (χ2n) is 6.92. The molecule has 8 nitrogen and oxygen atoms in total. The zero-order valence-electron chi connectivity index (χ0n) is 16.7. The summed E-state index contributed by atoms with van der Waals surface area (Å²) in [5.74, 6) is 0.792. The molecule has 1 atom stereocenters. The first kappa shape index (κ1) is 21.6. The maximum Gasteiger partial charge on any atom is 0.255 e. The third-order valence-electron chi connectivity index (χ3n) is 4.72. The molecule has 1 aliphatic rings. The molecule has 1 unspecified atom stereocenters. The number of anilines is 1. The Hall–Kier alpha value is -3.07. The van der Waals surface area contributed by atoms with E-state index in [1.807, 2.05) is 48.2 Å². The van der Waals surface area contributed by atoms with Gasteiger partial charge >= 0.3 is 0 Å². The smallest absolute Gasteiger partial charge is 0.255 e. The van der Waals surface area contributed by atoms with Crippen molar-refractivity contribution in [3.8, 4) is 5.75 Å². The van der Waals surface area contributed by atoms with Crippen LogP contribution in [0.25, 0.3) is 0 Å². The molecule has 158 valence electrons. The summed E-state index contributed by atoms with van der Waals surface area (Å²) in [4.78, 5) is 22.8. The van der Waals surface area contributed by atoms with Crippen molar-refractivity contribution >= 4 is 39.4 Å². The van der Waals surface area contributed by atoms with Crippen molar-refractivity contribution < 1.29 is 9.53 Å². The third-order valence-corrected chi connectivity index (χ3v) is 5.00. The Morgan fingerprint density at radius 2 is 1.87 bits per heavy atom. The SMILES string of the molecule is CC1(CCCOc2ccccc2C(=O)NCBr)N=C(N)N=C(N)N1c1ccccc1. The van der Waals surface area contributed by atoms with Crippen molar-refractivity contribution in [2.75, 3.05) is 17.0 Å². The van der Waals surface area contributed by atoms with E-state index < -0.39 is 5.66 Å². The monoisotopic (exact) mass is 472 g/mol. The van der Waals surface area contributed by atoms with E-state index in [-0.39, 0.29) is 11.9 Å². The number of para-hydroxylation sites is 2. The van der Waals surface area contributed by atoms with E-state index in [0.717, 1.165) is 5.69 Å². The minimum absolute atomic E-state index is 0.153. The van der Waals surface area contributed by atoms with Gasteiger partial charge in [-0.1, -0.05) is 46.3 Å². The van der Waals surface area contributed by atoms with Gasteiger partial charge in [-0.05, 0) is 44.0 Å². The van der Waals surface area contributed by atoms with Gasteiger partial charge in [-0.15, -0.1) is 0 Å². The maximum atomic E-state index is 12.2. The molecule has 1 aliphatic heterocycles. The first-order valence-corrected chi connectivity index (χ1v) is 10.7. The van der Waals surface area contributed by atoms with E-state index >= 15 is 0 Å². The second kappa shape index (κ2) is 9.62. The van der Waals surface area contributed by atoms with Crippen molar-refractivity contribution in [2.45, 2.75) is 25.4 Å². The molecule has 3 rings (SSSR count). The van der Waals surface area contributed by atoms with Crippen LogP contribution >= 0.6 is 15.9 Å². The van der Waals surface area contributed by atoms with Crippen molar-refractivity contribution in [1.29, 1.82) is 0 Å². The number of hydrogen-bond acceptors (Lipinski definition) is 7. The summed E-state index contributed by atoms with van der Waals surface area (Å²) < 4.78 is 5.90. The van der Waals surface area contributed by atoms with Crippen LogP contribution in [0.3, 0.4) is 0 Å². The van der Waals surface area contributed by atoms with Gasteiger partial charge in [0.25, 0.3) is 5.91 Å². The van der Waals surface area contributed by atoms with Crippen LogP contribution in [-0.4, -0.2) is 35.6 Å². The van der Waals surface area contributed by atoms with Gasteiger partial charge in [0, 0.05) is 5.69 Å². The fourth-order valence-electron chi connectivity index (χ4n) is 3.42. The van der Waals surface area contributed by atoms with E-state index in [1.54, 1.807) is 18.2 Å². The molecule has 0 aliphatic carbocycles. The zero-order chi connectivity index (χ0) is 21.6. The number of rotatable bonds is 8. The van der Waals surface area contributed by atoms with Crippen molar-refractivity contribution in [3.63, 3.8) is 0 Å². The molecule has 5 N–H and O–H groups in total. The van der Waals surface area contributed by atoms with Crippen LogP contribution in [-0.2, 0) is 0 Å². The molecule has 0 saturated heterocycles. The first-order valence-electron chi connectivity index (χ1n) is 9.55. The van der Waals surface area contributed by atoms with Crippen molar-refractivity contribution in [3.05, 3.63) is 60.2 Å². The number of hydrogen-bond donors (Lipinski definition) is 3. The Bertz CT molecular complexity index is 950. The summed E-state index contributed by atoms with van der Waals surface area (Å²) >= 11 is 3.20. The van der Waals surface area contributed by atoms with E-state index in [0.29, 0.717) is 42.2 Å². The molecule has 2 aromatic rings. The molecule has 0 aromatic heterocycles. The zero-order valence-corrected chi connectivity index (χ0v) is 18.3. The van der Waals surface area contributed by atoms with Gasteiger partial charge in [0.05, 0.1) is 17.6 Å². The number of carbonyl (C=O) groups is 1. The lowest BCUT2D eigenvalue weighted by atomic mass is 10.0. The fraction of sp³-hybridized carbons (Fsp3) is 0.286. The van der Waals surface area contributed by atoms with E-state index in [2.05, 4.69) is 31.2 Å². The minimum atomic E-state index is -0.701. The molecule has 0 radical (unpaired) electrons. The van der Waals surface area contributed by atoms with Gasteiger partial charge in [0.2, 0.25) is 11.9 Å². The summed E-state index contributed by atoms with van der Waals surface area (Å²) in [5.41, 5.74) is 13.1. The number of nitrogens with two attached hydrogens (primary N) is 2. The second-order valence-corrected chi connectivity index (χ2v) is 7.48. The summed E-state index contributed by atoms with van der Waals surface area (Å²) in [7, 11) is 0. The van der Waals surface area contributed by atoms with E-state index in [9.17, 15) is 4.79 Å². The number of benzene rings is 2. The molecule has 30 heavy (non-hydrogen) atoms. The molecule has 0 bridgehead atoms. The molecule has 9 heteroatoms. The van der Waals surface area contributed by atoms with Crippen LogP contribution in [0.1, 0.15) is 30.1 Å². The van der Waals surface area contributed by atoms with Gasteiger partial charge in [-0.25, -0.2) is 4.99 Å². The van der Waals surface area contributed by atoms with Gasteiger partial charge in [0.1, 0.15) is 11.4 Å². The van der Waals surface area contributed by atoms with Crippen LogP contribution in [0.4, 0.5) is 5.69 Å². The predicted octanol–water partition coefficient (Wildman–Crippen LogP) is 2.79. The average molecular weight is 473 g/mol. The normalized spacial score (nSPS) is 18.4. The van der Waals surface area contributed by atoms with Crippen LogP contribution < -0.4 is 26.4 Å². The number of ether oxygens (including phenoxy) is 1. The topological polar surface area (TPSA) is 118 Å². The Kier molecular flexibility index (Phi) is 6.94. The number of amides is 1. The van der Waals surface area contributed by atoms with Crippen LogP contribution in [0.5, 0.6) is 5.75 Å². The molecule has 0 fully saturated rings. The molecule has 0 saturated carbocycles. The van der Waals surface area contributed by atoms with Gasteiger partial charge < -0.3 is 21.5 Å². The number of aliphatic imine (C=N–C) groups is 2. The van der Waals surface area contributed by atoms with Gasteiger partial charge in [-0.2, -0.15) is 4.99 Å². The van der Waals surface area contributed by atoms with Crippen LogP contribution in [0.15, 0.2) is 64.6 Å². The summed E-state index contributed by atoms with van der Waals surface area (Å²) in [6.45, 7) is 2.37. The standard InChI is InChI=1S/C21H25BrN6O2/c1-21(27-19(23)26-20(24)28(21)15-8-3-2-4-9-15)12-7-13-30-17-11-6-5-10-16(17)18(29)25-14-22/h2-6,8-11H,7,12-14H2,1H3,(H,25,29)(H4,23,24,26,27). The quantitative estimate of drug-likeness (QED) is 0.310. The molecular formula is C21H25BrN6O2. The van der Waals surface area contributed by atoms with Crippen LogP contribution in [0, 0.1) is 0 Å². The van der Waals surface area contributed by atoms with Gasteiger partial charge in [0.15, 0.2) is 0 Å². The summed E-state index contributed by atoms with van der Waals surface area (Å²) in [6, 6.07) is 16.9. The molecule has 0 spiro atoms. The molecule has 1 amide bonds. The molecule has 2 aromatic carbocycles. The number of carbonyl (C=O) groups excluding carboxylic acids is 1. The van der Waals surface area contributed by atoms with E-state index in [4.69, 9.17) is 16.2 Å². The Morgan fingerprint density at radius 1 is 1.17 bits per heavy atom. The number of halogens is 1. The third kappa shape index (κ3) is 4.91. The first-order chi connectivity index (χ1) is 14.4. The highest BCUT2D eigenvalue weighted by Crippen LogP contribution is 2.31. The highest BCUT2D eigenvalue weighted by molar-refractivity contribution is 9.09. The average Bonchev–Trinajstić information content (AvgIpc) is 2.72. The lowest BCUT2D eigenvalue weighted by Gasteiger charge is -2.41. The summed E-state index contributed by atoms with van der Waals surface area (Å²) in [5, 5.41) is 2.72. The summed E-state index contributed by atoms with van der Waals surface area (Å²) in [6.07, 6.45) is 1.28. The predicted molar refractivity (Wildman–Crippen MR) is 123 cm³/mol. The minimum Gasteiger partial charge on any atom is -0.493 e. The molecule has 1 heterocycles. The highest BCUT2D eigenvalue weighted by Gasteiger charge is 2.37. The van der Waals surface area contributed by atoms with E-state index in [1.165, 1.54) is 0 Å². The molecular weight excluding hydrogens is 448 g/mol. The largest absolute Gasteiger partial charge is 0.493 e. The fourth-order valence-corrected chi connectivity index (χ4v) is 3.67. The lowest BCUT2D eigenvalue weighted by Crippen LogP contribution is -2.56. The number of alkyl halides is 1. The van der Waals surface area contributed by atoms with Gasteiger partial charge in [-0.3, -0.25) is 9.69 Å². The Morgan fingerprint density at radius 3 is 2.60 bits per heavy atom. The van der Waals surface area contributed by atoms with Crippen molar-refractivity contribution in [2.24, 2.45) is 21.5 Å². The Balaban J connectivity index is 1.69. The highest BCUT2D eigenvalue weighted by atomic mass is 79.9. The van der Waals surface area contributed by atoms with Crippen LogP contribution in [0.2, 0.25) is 0 Å². The number of guanidine groups is 2. The van der Waals surface area contributed by atoms with Crippen molar-refractivity contribution in [1.82, 2.24) is 5.32 Å². The number of nitrogens with zero attached hydrogens (tertiary/aromatic N) is 3.